The van der Waals surface area contributed by atoms with Gasteiger partial charge in [-0.3, -0.25) is 0 Å². The highest BCUT2D eigenvalue weighted by molar-refractivity contribution is 4.83. The average Bonchev–Trinajstić information content (AvgIpc) is 2.21. The predicted octanol–water partition coefficient (Wildman–Crippen LogP) is 4.13. The molecule has 0 unspecified atom stereocenters. The molecule has 0 aromatic heterocycles. The number of rotatable bonds is 5. The van der Waals surface area contributed by atoms with Crippen LogP contribution in [0.2, 0.25) is 0 Å². The molecule has 1 aliphatic rings. The summed E-state index contributed by atoms with van der Waals surface area (Å²) < 4.78 is 12.0. The minimum absolute atomic E-state index is 0.142. The van der Waals surface area contributed by atoms with E-state index in [1.165, 1.54) is 25.7 Å². The highest BCUT2D eigenvalue weighted by Crippen LogP contribution is 2.37. The van der Waals surface area contributed by atoms with E-state index in [0.29, 0.717) is 0 Å². The topological polar surface area (TPSA) is 18.5 Å². The van der Waals surface area contributed by atoms with Crippen molar-refractivity contribution in [1.82, 2.24) is 0 Å². The van der Waals surface area contributed by atoms with Crippen molar-refractivity contribution in [3.05, 3.63) is 0 Å². The Kier molecular flexibility index (Phi) is 4.81. The van der Waals surface area contributed by atoms with Gasteiger partial charge in [0, 0.05) is 11.8 Å². The van der Waals surface area contributed by atoms with Gasteiger partial charge in [-0.15, -0.1) is 0 Å². The van der Waals surface area contributed by atoms with Gasteiger partial charge in [0.15, 0.2) is 5.79 Å². The molecule has 2 nitrogen and oxygen atoms in total. The minimum atomic E-state index is -0.345. The third kappa shape index (κ3) is 3.74. The molecule has 1 fully saturated rings. The molecule has 0 aromatic carbocycles. The number of unbranched alkanes of at least 4 members (excludes halogenated alkanes) is 3. The molecule has 1 heterocycles. The molecule has 0 spiro atoms. The van der Waals surface area contributed by atoms with Gasteiger partial charge < -0.3 is 9.47 Å². The summed E-state index contributed by atoms with van der Waals surface area (Å²) in [5, 5.41) is 0. The molecule has 0 aromatic rings. The van der Waals surface area contributed by atoms with E-state index in [1.54, 1.807) is 0 Å². The second-order valence-electron chi connectivity index (χ2n) is 5.98. The summed E-state index contributed by atoms with van der Waals surface area (Å²) in [5.41, 5.74) is 0.142. The fourth-order valence-electron chi connectivity index (χ4n) is 2.03. The van der Waals surface area contributed by atoms with E-state index in [1.807, 2.05) is 0 Å². The van der Waals surface area contributed by atoms with Crippen LogP contribution in [0.1, 0.15) is 66.7 Å². The lowest BCUT2D eigenvalue weighted by atomic mass is 9.86. The van der Waals surface area contributed by atoms with Crippen molar-refractivity contribution in [3.8, 4) is 0 Å². The Morgan fingerprint density at radius 3 is 2.38 bits per heavy atom. The molecule has 0 saturated carbocycles. The fourth-order valence-corrected chi connectivity index (χ4v) is 2.03. The lowest BCUT2D eigenvalue weighted by Crippen LogP contribution is -2.50. The standard InChI is InChI=1S/C14H28O2/c1-6-7-8-9-10-14(5)15-11-13(3,4)12(2)16-14/h12H,6-11H2,1-5H3/t12-,14+/m1/s1. The van der Waals surface area contributed by atoms with E-state index in [2.05, 4.69) is 34.6 Å². The molecule has 2 heteroatoms. The van der Waals surface area contributed by atoms with E-state index in [-0.39, 0.29) is 17.3 Å². The number of hydrogen-bond acceptors (Lipinski definition) is 2. The predicted molar refractivity (Wildman–Crippen MR) is 67.4 cm³/mol. The van der Waals surface area contributed by atoms with Crippen LogP contribution in [0.3, 0.4) is 0 Å². The lowest BCUT2D eigenvalue weighted by molar-refractivity contribution is -0.319. The van der Waals surface area contributed by atoms with Crippen molar-refractivity contribution >= 4 is 0 Å². The van der Waals surface area contributed by atoms with Gasteiger partial charge >= 0.3 is 0 Å². The zero-order valence-corrected chi connectivity index (χ0v) is 11.6. The van der Waals surface area contributed by atoms with Gasteiger partial charge in [-0.05, 0) is 20.3 Å². The van der Waals surface area contributed by atoms with Crippen LogP contribution in [0.5, 0.6) is 0 Å². The quantitative estimate of drug-likeness (QED) is 0.659. The van der Waals surface area contributed by atoms with Crippen LogP contribution in [0.25, 0.3) is 0 Å². The van der Waals surface area contributed by atoms with E-state index < -0.39 is 0 Å². The first-order valence-electron chi connectivity index (χ1n) is 6.71. The second kappa shape index (κ2) is 5.50. The normalized spacial score (nSPS) is 33.9. The molecular weight excluding hydrogens is 200 g/mol. The fraction of sp³-hybridized carbons (Fsp3) is 1.00. The highest BCUT2D eigenvalue weighted by Gasteiger charge is 2.41. The Labute approximate surface area is 101 Å². The van der Waals surface area contributed by atoms with Crippen LogP contribution < -0.4 is 0 Å². The van der Waals surface area contributed by atoms with Gasteiger partial charge in [0.1, 0.15) is 0 Å². The molecule has 0 amide bonds. The van der Waals surface area contributed by atoms with Crippen LogP contribution in [0.4, 0.5) is 0 Å². The third-order valence-electron chi connectivity index (χ3n) is 3.76. The first-order chi connectivity index (χ1) is 7.40. The smallest absolute Gasteiger partial charge is 0.165 e. The zero-order valence-electron chi connectivity index (χ0n) is 11.6. The number of hydrogen-bond donors (Lipinski definition) is 0. The monoisotopic (exact) mass is 228 g/mol. The Hall–Kier alpha value is -0.0800. The molecular formula is C14H28O2. The van der Waals surface area contributed by atoms with Crippen molar-refractivity contribution < 1.29 is 9.47 Å². The van der Waals surface area contributed by atoms with Crippen LogP contribution in [0, 0.1) is 5.41 Å². The van der Waals surface area contributed by atoms with Crippen molar-refractivity contribution in [1.29, 1.82) is 0 Å². The summed E-state index contributed by atoms with van der Waals surface area (Å²) in [6.45, 7) is 11.7. The van der Waals surface area contributed by atoms with Crippen molar-refractivity contribution in [2.24, 2.45) is 5.41 Å². The van der Waals surface area contributed by atoms with E-state index in [9.17, 15) is 0 Å². The van der Waals surface area contributed by atoms with Gasteiger partial charge in [-0.25, -0.2) is 0 Å². The van der Waals surface area contributed by atoms with E-state index in [0.717, 1.165) is 13.0 Å². The van der Waals surface area contributed by atoms with Crippen LogP contribution in [0.15, 0.2) is 0 Å². The molecule has 0 radical (unpaired) electrons. The van der Waals surface area contributed by atoms with Gasteiger partial charge in [0.05, 0.1) is 12.7 Å². The minimum Gasteiger partial charge on any atom is -0.350 e. The molecule has 1 saturated heterocycles. The maximum atomic E-state index is 6.05. The Morgan fingerprint density at radius 2 is 1.81 bits per heavy atom. The van der Waals surface area contributed by atoms with Gasteiger partial charge in [-0.2, -0.15) is 0 Å². The maximum absolute atomic E-state index is 6.05. The summed E-state index contributed by atoms with van der Waals surface area (Å²) in [6.07, 6.45) is 6.39. The molecule has 16 heavy (non-hydrogen) atoms. The maximum Gasteiger partial charge on any atom is 0.165 e. The molecule has 96 valence electrons. The lowest BCUT2D eigenvalue weighted by Gasteiger charge is -2.46. The second-order valence-corrected chi connectivity index (χ2v) is 5.98. The Morgan fingerprint density at radius 1 is 1.12 bits per heavy atom. The average molecular weight is 228 g/mol. The molecule has 1 aliphatic heterocycles. The first-order valence-corrected chi connectivity index (χ1v) is 6.71. The molecule has 0 N–H and O–H groups in total. The molecule has 2 atom stereocenters. The van der Waals surface area contributed by atoms with Crippen molar-refractivity contribution in [3.63, 3.8) is 0 Å². The summed E-state index contributed by atoms with van der Waals surface area (Å²) in [6, 6.07) is 0. The SMILES string of the molecule is CCCCCC[C@@]1(C)OCC(C)(C)[C@@H](C)O1. The molecule has 1 rings (SSSR count). The van der Waals surface area contributed by atoms with E-state index >= 15 is 0 Å². The summed E-state index contributed by atoms with van der Waals surface area (Å²) in [4.78, 5) is 0. The highest BCUT2D eigenvalue weighted by atomic mass is 16.7. The van der Waals surface area contributed by atoms with Crippen molar-refractivity contribution in [2.75, 3.05) is 6.61 Å². The third-order valence-corrected chi connectivity index (χ3v) is 3.76. The summed E-state index contributed by atoms with van der Waals surface area (Å²) in [7, 11) is 0. The zero-order chi connectivity index (χ0) is 12.2. The first kappa shape index (κ1) is 14.0. The van der Waals surface area contributed by atoms with Crippen LogP contribution in [-0.2, 0) is 9.47 Å². The van der Waals surface area contributed by atoms with Crippen molar-refractivity contribution in [2.45, 2.75) is 78.6 Å². The van der Waals surface area contributed by atoms with Gasteiger partial charge in [0.2, 0.25) is 0 Å². The van der Waals surface area contributed by atoms with Crippen LogP contribution >= 0.6 is 0 Å². The van der Waals surface area contributed by atoms with Crippen LogP contribution in [-0.4, -0.2) is 18.5 Å². The summed E-state index contributed by atoms with van der Waals surface area (Å²) >= 11 is 0. The summed E-state index contributed by atoms with van der Waals surface area (Å²) in [5.74, 6) is -0.345. The number of ether oxygens (including phenoxy) is 2. The molecule has 0 bridgehead atoms. The van der Waals surface area contributed by atoms with Gasteiger partial charge in [0.25, 0.3) is 0 Å². The van der Waals surface area contributed by atoms with Gasteiger partial charge in [-0.1, -0.05) is 40.0 Å². The Balaban J connectivity index is 2.36. The largest absolute Gasteiger partial charge is 0.350 e. The Bertz CT molecular complexity index is 213. The van der Waals surface area contributed by atoms with E-state index in [4.69, 9.17) is 9.47 Å². The molecule has 0 aliphatic carbocycles.